The van der Waals surface area contributed by atoms with Gasteiger partial charge < -0.3 is 14.4 Å². The Morgan fingerprint density at radius 2 is 2.09 bits per heavy atom. The van der Waals surface area contributed by atoms with Crippen molar-refractivity contribution in [2.45, 2.75) is 26.0 Å². The fraction of sp³-hybridized carbons (Fsp3) is 0.588. The standard InChI is InChI=1S/C17H23ClN2O3/c1-19(2)17(21)12-3-5-20(6-4-12)9-13-7-15(18)8-14-10-22-11-23-16(13)14/h7-8,12H,3-6,9-11H2,1-2H3. The normalized spacial score (nSPS) is 19.1. The maximum Gasteiger partial charge on any atom is 0.225 e. The lowest BCUT2D eigenvalue weighted by molar-refractivity contribution is -0.134. The first kappa shape index (κ1) is 16.6. The van der Waals surface area contributed by atoms with Crippen LogP contribution in [-0.4, -0.2) is 49.7 Å². The Labute approximate surface area is 142 Å². The van der Waals surface area contributed by atoms with Gasteiger partial charge in [-0.25, -0.2) is 0 Å². The number of benzene rings is 1. The van der Waals surface area contributed by atoms with E-state index in [9.17, 15) is 4.79 Å². The average molecular weight is 339 g/mol. The topological polar surface area (TPSA) is 42.0 Å². The maximum atomic E-state index is 12.1. The molecule has 0 saturated carbocycles. The highest BCUT2D eigenvalue weighted by Gasteiger charge is 2.27. The first-order valence-corrected chi connectivity index (χ1v) is 8.37. The molecule has 0 N–H and O–H groups in total. The van der Waals surface area contributed by atoms with Crippen molar-refractivity contribution in [2.24, 2.45) is 5.92 Å². The number of nitrogens with zero attached hydrogens (tertiary/aromatic N) is 2. The summed E-state index contributed by atoms with van der Waals surface area (Å²) in [6.07, 6.45) is 1.81. The highest BCUT2D eigenvalue weighted by Crippen LogP contribution is 2.33. The van der Waals surface area contributed by atoms with E-state index >= 15 is 0 Å². The van der Waals surface area contributed by atoms with Crippen LogP contribution >= 0.6 is 11.6 Å². The minimum atomic E-state index is 0.152. The maximum absolute atomic E-state index is 12.1. The number of piperidine rings is 1. The Bertz CT molecular complexity index is 583. The minimum Gasteiger partial charge on any atom is -0.467 e. The number of amides is 1. The lowest BCUT2D eigenvalue weighted by atomic mass is 9.95. The molecule has 0 aliphatic carbocycles. The summed E-state index contributed by atoms with van der Waals surface area (Å²) in [6, 6.07) is 3.88. The van der Waals surface area contributed by atoms with Crippen LogP contribution in [0.1, 0.15) is 24.0 Å². The van der Waals surface area contributed by atoms with Crippen LogP contribution in [0.4, 0.5) is 0 Å². The number of hydrogen-bond acceptors (Lipinski definition) is 4. The first-order chi connectivity index (χ1) is 11.0. The van der Waals surface area contributed by atoms with Crippen molar-refractivity contribution < 1.29 is 14.3 Å². The molecule has 6 heteroatoms. The molecule has 1 aromatic carbocycles. The molecule has 0 bridgehead atoms. The van der Waals surface area contributed by atoms with E-state index in [0.717, 1.165) is 49.4 Å². The quantitative estimate of drug-likeness (QED) is 0.849. The van der Waals surface area contributed by atoms with Gasteiger partial charge in [0.15, 0.2) is 6.79 Å². The zero-order valence-electron chi connectivity index (χ0n) is 13.7. The van der Waals surface area contributed by atoms with Crippen LogP contribution in [0.5, 0.6) is 5.75 Å². The Kier molecular flexibility index (Phi) is 5.09. The number of carbonyl (C=O) groups excluding carboxylic acids is 1. The van der Waals surface area contributed by atoms with Gasteiger partial charge in [-0.1, -0.05) is 11.6 Å². The van der Waals surface area contributed by atoms with Crippen LogP contribution < -0.4 is 4.74 Å². The largest absolute Gasteiger partial charge is 0.467 e. The van der Waals surface area contributed by atoms with Gasteiger partial charge in [-0.05, 0) is 38.1 Å². The molecule has 0 aromatic heterocycles. The number of fused-ring (bicyclic) bond motifs is 1. The Hall–Kier alpha value is -1.30. The molecule has 1 saturated heterocycles. The lowest BCUT2D eigenvalue weighted by Gasteiger charge is -2.33. The predicted molar refractivity (Wildman–Crippen MR) is 88.4 cm³/mol. The molecule has 5 nitrogen and oxygen atoms in total. The number of halogens is 1. The number of likely N-dealkylation sites (tertiary alicyclic amines) is 1. The van der Waals surface area contributed by atoms with E-state index in [4.69, 9.17) is 21.1 Å². The fourth-order valence-electron chi connectivity index (χ4n) is 3.32. The second kappa shape index (κ2) is 7.07. The zero-order valence-corrected chi connectivity index (χ0v) is 14.4. The summed E-state index contributed by atoms with van der Waals surface area (Å²) >= 11 is 6.22. The van der Waals surface area contributed by atoms with Crippen molar-refractivity contribution >= 4 is 17.5 Å². The highest BCUT2D eigenvalue weighted by molar-refractivity contribution is 6.30. The van der Waals surface area contributed by atoms with Gasteiger partial charge >= 0.3 is 0 Å². The van der Waals surface area contributed by atoms with Gasteiger partial charge in [0.05, 0.1) is 6.61 Å². The van der Waals surface area contributed by atoms with E-state index in [1.807, 2.05) is 26.2 Å². The smallest absolute Gasteiger partial charge is 0.225 e. The minimum absolute atomic E-state index is 0.152. The van der Waals surface area contributed by atoms with Gasteiger partial charge in [-0.15, -0.1) is 0 Å². The molecule has 3 rings (SSSR count). The summed E-state index contributed by atoms with van der Waals surface area (Å²) in [4.78, 5) is 16.1. The molecular weight excluding hydrogens is 316 g/mol. The van der Waals surface area contributed by atoms with Gasteiger partial charge in [0.25, 0.3) is 0 Å². The number of rotatable bonds is 3. The molecule has 1 amide bonds. The van der Waals surface area contributed by atoms with E-state index in [-0.39, 0.29) is 11.8 Å². The summed E-state index contributed by atoms with van der Waals surface area (Å²) in [5.74, 6) is 1.30. The monoisotopic (exact) mass is 338 g/mol. The summed E-state index contributed by atoms with van der Waals surface area (Å²) in [7, 11) is 3.65. The van der Waals surface area contributed by atoms with Gasteiger partial charge in [-0.3, -0.25) is 9.69 Å². The molecule has 0 unspecified atom stereocenters. The summed E-state index contributed by atoms with van der Waals surface area (Å²) in [5.41, 5.74) is 2.12. The summed E-state index contributed by atoms with van der Waals surface area (Å²) < 4.78 is 11.0. The molecule has 2 aliphatic heterocycles. The van der Waals surface area contributed by atoms with Crippen molar-refractivity contribution in [1.29, 1.82) is 0 Å². The van der Waals surface area contributed by atoms with Crippen LogP contribution in [0.15, 0.2) is 12.1 Å². The van der Waals surface area contributed by atoms with E-state index in [1.54, 1.807) is 4.90 Å². The highest BCUT2D eigenvalue weighted by atomic mass is 35.5. The number of hydrogen-bond donors (Lipinski definition) is 0. The second-order valence-corrected chi connectivity index (χ2v) is 6.88. The van der Waals surface area contributed by atoms with E-state index < -0.39 is 0 Å². The molecule has 1 fully saturated rings. The molecule has 0 atom stereocenters. The van der Waals surface area contributed by atoms with Crippen LogP contribution in [0.3, 0.4) is 0 Å². The van der Waals surface area contributed by atoms with E-state index in [0.29, 0.717) is 18.4 Å². The van der Waals surface area contributed by atoms with Gasteiger partial charge in [0.2, 0.25) is 5.91 Å². The molecule has 126 valence electrons. The summed E-state index contributed by atoms with van der Waals surface area (Å²) in [6.45, 7) is 3.47. The van der Waals surface area contributed by atoms with Gasteiger partial charge in [0.1, 0.15) is 5.75 Å². The fourth-order valence-corrected chi connectivity index (χ4v) is 3.58. The molecule has 0 radical (unpaired) electrons. The number of carbonyl (C=O) groups is 1. The van der Waals surface area contributed by atoms with Crippen LogP contribution in [0, 0.1) is 5.92 Å². The van der Waals surface area contributed by atoms with Crippen molar-refractivity contribution in [3.8, 4) is 5.75 Å². The molecule has 23 heavy (non-hydrogen) atoms. The first-order valence-electron chi connectivity index (χ1n) is 8.00. The average Bonchev–Trinajstić information content (AvgIpc) is 2.54. The van der Waals surface area contributed by atoms with Crippen LogP contribution in [0.2, 0.25) is 5.02 Å². The van der Waals surface area contributed by atoms with Gasteiger partial charge in [0, 0.05) is 42.7 Å². The van der Waals surface area contributed by atoms with Crippen LogP contribution in [0.25, 0.3) is 0 Å². The Morgan fingerprint density at radius 1 is 1.35 bits per heavy atom. The molecule has 0 spiro atoms. The number of ether oxygens (including phenoxy) is 2. The molecule has 2 heterocycles. The molecule has 1 aromatic rings. The van der Waals surface area contributed by atoms with Crippen LogP contribution in [-0.2, 0) is 22.7 Å². The Balaban J connectivity index is 1.65. The third-order valence-corrected chi connectivity index (χ3v) is 4.74. The van der Waals surface area contributed by atoms with Crippen molar-refractivity contribution in [3.05, 3.63) is 28.3 Å². The zero-order chi connectivity index (χ0) is 16.4. The third-order valence-electron chi connectivity index (χ3n) is 4.52. The third kappa shape index (κ3) is 3.79. The molecule has 2 aliphatic rings. The SMILES string of the molecule is CN(C)C(=O)C1CCN(Cc2cc(Cl)cc3c2OCOC3)CC1. The van der Waals surface area contributed by atoms with Crippen molar-refractivity contribution in [2.75, 3.05) is 34.0 Å². The van der Waals surface area contributed by atoms with E-state index in [2.05, 4.69) is 4.90 Å². The predicted octanol–water partition coefficient (Wildman–Crippen LogP) is 2.51. The molecular formula is C17H23ClN2O3. The Morgan fingerprint density at radius 3 is 2.78 bits per heavy atom. The van der Waals surface area contributed by atoms with Gasteiger partial charge in [-0.2, -0.15) is 0 Å². The lowest BCUT2D eigenvalue weighted by Crippen LogP contribution is -2.39. The summed E-state index contributed by atoms with van der Waals surface area (Å²) in [5, 5.41) is 0.713. The van der Waals surface area contributed by atoms with Crippen molar-refractivity contribution in [3.63, 3.8) is 0 Å². The second-order valence-electron chi connectivity index (χ2n) is 6.45. The van der Waals surface area contributed by atoms with E-state index in [1.165, 1.54) is 0 Å². The van der Waals surface area contributed by atoms with Crippen molar-refractivity contribution in [1.82, 2.24) is 9.80 Å².